The summed E-state index contributed by atoms with van der Waals surface area (Å²) in [5, 5.41) is 16.5. The lowest BCUT2D eigenvalue weighted by Crippen LogP contribution is -2.27. The molecule has 0 aliphatic rings. The highest BCUT2D eigenvalue weighted by atomic mass is 35.5. The number of amides is 1. The van der Waals surface area contributed by atoms with E-state index in [9.17, 15) is 14.7 Å². The number of aryl methyl sites for hydroxylation is 1. The van der Waals surface area contributed by atoms with E-state index in [-0.39, 0.29) is 32.8 Å². The fourth-order valence-corrected chi connectivity index (χ4v) is 3.78. The van der Waals surface area contributed by atoms with Crippen LogP contribution in [0.4, 0.5) is 0 Å². The van der Waals surface area contributed by atoms with E-state index in [1.54, 1.807) is 30.3 Å². The normalized spacial score (nSPS) is 11.4. The predicted molar refractivity (Wildman–Crippen MR) is 124 cm³/mol. The summed E-state index contributed by atoms with van der Waals surface area (Å²) in [6, 6.07) is 17.5. The highest BCUT2D eigenvalue weighted by molar-refractivity contribution is 6.39. The lowest BCUT2D eigenvalue weighted by molar-refractivity contribution is -0.132. The Labute approximate surface area is 198 Å². The summed E-state index contributed by atoms with van der Waals surface area (Å²) >= 11 is 12.5. The molecule has 0 aliphatic heterocycles. The van der Waals surface area contributed by atoms with E-state index >= 15 is 0 Å². The first-order valence-corrected chi connectivity index (χ1v) is 10.4. The van der Waals surface area contributed by atoms with E-state index in [0.717, 1.165) is 5.56 Å². The minimum atomic E-state index is -1.35. The van der Waals surface area contributed by atoms with Crippen molar-refractivity contribution in [2.75, 3.05) is 0 Å². The Morgan fingerprint density at radius 2 is 1.70 bits per heavy atom. The van der Waals surface area contributed by atoms with Crippen LogP contribution in [0.5, 0.6) is 0 Å². The Morgan fingerprint density at radius 3 is 2.36 bits per heavy atom. The number of benzene rings is 2. The topological polar surface area (TPSA) is 106 Å². The number of hydrogen-bond donors (Lipinski definition) is 2. The van der Waals surface area contributed by atoms with Crippen LogP contribution in [0.15, 0.2) is 75.3 Å². The summed E-state index contributed by atoms with van der Waals surface area (Å²) in [6.07, 6.45) is 1.22. The van der Waals surface area contributed by atoms with Gasteiger partial charge < -0.3 is 19.4 Å². The zero-order chi connectivity index (χ0) is 23.5. The average molecular weight is 483 g/mol. The van der Waals surface area contributed by atoms with Gasteiger partial charge in [0.15, 0.2) is 0 Å². The highest BCUT2D eigenvalue weighted by Gasteiger charge is 2.26. The van der Waals surface area contributed by atoms with Gasteiger partial charge in [-0.25, -0.2) is 4.79 Å². The van der Waals surface area contributed by atoms with Crippen molar-refractivity contribution in [3.8, 4) is 22.6 Å². The molecule has 33 heavy (non-hydrogen) atoms. The molecule has 0 atom stereocenters. The summed E-state index contributed by atoms with van der Waals surface area (Å²) in [7, 11) is 0. The number of aromatic nitrogens is 1. The number of carboxylic acids is 1. The molecule has 0 radical (unpaired) electrons. The van der Waals surface area contributed by atoms with E-state index < -0.39 is 17.6 Å². The van der Waals surface area contributed by atoms with E-state index in [1.807, 2.05) is 30.3 Å². The Morgan fingerprint density at radius 1 is 1.00 bits per heavy atom. The molecule has 0 saturated carbocycles. The molecule has 0 unspecified atom stereocenters. The zero-order valence-electron chi connectivity index (χ0n) is 17.1. The third-order valence-electron chi connectivity index (χ3n) is 4.74. The molecule has 4 aromatic rings. The molecule has 0 fully saturated rings. The third kappa shape index (κ3) is 4.69. The number of aliphatic carboxylic acids is 1. The van der Waals surface area contributed by atoms with E-state index in [0.29, 0.717) is 11.3 Å². The molecule has 2 heterocycles. The Balaban J connectivity index is 1.66. The fourth-order valence-electron chi connectivity index (χ4n) is 3.20. The zero-order valence-corrected chi connectivity index (χ0v) is 18.6. The molecule has 2 aromatic heterocycles. The first-order chi connectivity index (χ1) is 15.8. The molecule has 2 aromatic carbocycles. The van der Waals surface area contributed by atoms with Crippen molar-refractivity contribution < 1.29 is 23.6 Å². The first kappa shape index (κ1) is 22.4. The van der Waals surface area contributed by atoms with Gasteiger partial charge in [0.2, 0.25) is 0 Å². The van der Waals surface area contributed by atoms with Crippen molar-refractivity contribution >= 4 is 41.2 Å². The second-order valence-electron chi connectivity index (χ2n) is 6.94. The van der Waals surface area contributed by atoms with Crippen LogP contribution < -0.4 is 5.32 Å². The Bertz CT molecular complexity index is 1350. The summed E-state index contributed by atoms with van der Waals surface area (Å²) in [5.41, 5.74) is 0.865. The first-order valence-electron chi connectivity index (χ1n) is 9.67. The van der Waals surface area contributed by atoms with Gasteiger partial charge in [-0.1, -0.05) is 64.8 Å². The predicted octanol–water partition coefficient (Wildman–Crippen LogP) is 6.07. The molecule has 0 spiro atoms. The van der Waals surface area contributed by atoms with Gasteiger partial charge in [-0.2, -0.15) is 0 Å². The van der Waals surface area contributed by atoms with Crippen LogP contribution in [0.2, 0.25) is 10.0 Å². The number of carboxylic acid groups (broad SMARTS) is 1. The maximum Gasteiger partial charge on any atom is 0.352 e. The summed E-state index contributed by atoms with van der Waals surface area (Å²) in [4.78, 5) is 24.9. The van der Waals surface area contributed by atoms with Gasteiger partial charge in [-0.15, -0.1) is 0 Å². The molecule has 2 N–H and O–H groups in total. The van der Waals surface area contributed by atoms with Crippen LogP contribution in [-0.2, 0) is 4.79 Å². The highest BCUT2D eigenvalue weighted by Crippen LogP contribution is 2.36. The van der Waals surface area contributed by atoms with Crippen LogP contribution in [0.1, 0.15) is 21.9 Å². The lowest BCUT2D eigenvalue weighted by atomic mass is 10.1. The Hall–Kier alpha value is -3.81. The van der Waals surface area contributed by atoms with Gasteiger partial charge in [-0.3, -0.25) is 4.79 Å². The number of nitrogens with one attached hydrogen (secondary N) is 1. The smallest absolute Gasteiger partial charge is 0.352 e. The van der Waals surface area contributed by atoms with Gasteiger partial charge in [0.1, 0.15) is 34.2 Å². The molecule has 4 rings (SSSR count). The van der Waals surface area contributed by atoms with Crippen molar-refractivity contribution in [2.24, 2.45) is 0 Å². The second kappa shape index (κ2) is 9.36. The van der Waals surface area contributed by atoms with Crippen molar-refractivity contribution in [1.29, 1.82) is 0 Å². The van der Waals surface area contributed by atoms with Crippen LogP contribution in [-0.4, -0.2) is 22.1 Å². The standard InChI is InChI=1S/C24H16Cl2N2O5/c1-13-20(22(28-33-13)21-16(25)8-5-9-17(21)26)23(29)27-18(24(30)31)12-15-10-11-19(32-15)14-6-3-2-4-7-14/h2-12H,1H3,(H,27,29)(H,30,31). The van der Waals surface area contributed by atoms with Crippen LogP contribution in [0, 0.1) is 6.92 Å². The molecule has 0 aliphatic carbocycles. The maximum absolute atomic E-state index is 13.0. The molecule has 166 valence electrons. The van der Waals surface area contributed by atoms with Crippen molar-refractivity contribution in [3.63, 3.8) is 0 Å². The summed E-state index contributed by atoms with van der Waals surface area (Å²) in [5.74, 6) is -1.12. The number of carbonyl (C=O) groups is 2. The van der Waals surface area contributed by atoms with E-state index in [1.165, 1.54) is 13.0 Å². The van der Waals surface area contributed by atoms with Crippen LogP contribution in [0.25, 0.3) is 28.7 Å². The number of halogens is 2. The van der Waals surface area contributed by atoms with E-state index in [4.69, 9.17) is 32.1 Å². The SMILES string of the molecule is Cc1onc(-c2c(Cl)cccc2Cl)c1C(=O)NC(=Cc1ccc(-c2ccccc2)o1)C(=O)O. The minimum absolute atomic E-state index is 0.0153. The Kier molecular flexibility index (Phi) is 6.35. The minimum Gasteiger partial charge on any atom is -0.477 e. The molecular formula is C24H16Cl2N2O5. The quantitative estimate of drug-likeness (QED) is 0.323. The number of hydrogen-bond acceptors (Lipinski definition) is 5. The number of rotatable bonds is 6. The second-order valence-corrected chi connectivity index (χ2v) is 7.76. The summed E-state index contributed by atoms with van der Waals surface area (Å²) in [6.45, 7) is 1.53. The van der Waals surface area contributed by atoms with Crippen molar-refractivity contribution in [3.05, 3.63) is 93.5 Å². The average Bonchev–Trinajstić information content (AvgIpc) is 3.40. The fraction of sp³-hybridized carbons (Fsp3) is 0.0417. The van der Waals surface area contributed by atoms with Crippen molar-refractivity contribution in [2.45, 2.75) is 6.92 Å². The van der Waals surface area contributed by atoms with Gasteiger partial charge in [0.05, 0.1) is 10.0 Å². The molecule has 7 nitrogen and oxygen atoms in total. The third-order valence-corrected chi connectivity index (χ3v) is 5.37. The molecule has 9 heteroatoms. The van der Waals surface area contributed by atoms with Gasteiger partial charge in [0, 0.05) is 17.2 Å². The molecule has 1 amide bonds. The molecular weight excluding hydrogens is 467 g/mol. The number of nitrogens with zero attached hydrogens (tertiary/aromatic N) is 1. The van der Waals surface area contributed by atoms with Crippen LogP contribution in [0.3, 0.4) is 0 Å². The lowest BCUT2D eigenvalue weighted by Gasteiger charge is -2.08. The molecule has 0 bridgehead atoms. The molecule has 0 saturated heterocycles. The maximum atomic E-state index is 13.0. The number of carbonyl (C=O) groups excluding carboxylic acids is 1. The van der Waals surface area contributed by atoms with Gasteiger partial charge in [-0.05, 0) is 31.2 Å². The van der Waals surface area contributed by atoms with E-state index in [2.05, 4.69) is 10.5 Å². The summed E-state index contributed by atoms with van der Waals surface area (Å²) < 4.78 is 10.9. The van der Waals surface area contributed by atoms with Gasteiger partial charge in [0.25, 0.3) is 5.91 Å². The largest absolute Gasteiger partial charge is 0.477 e. The van der Waals surface area contributed by atoms with Crippen molar-refractivity contribution in [1.82, 2.24) is 10.5 Å². The van der Waals surface area contributed by atoms with Crippen LogP contribution >= 0.6 is 23.2 Å². The number of furan rings is 1. The van der Waals surface area contributed by atoms with Gasteiger partial charge >= 0.3 is 5.97 Å². The monoisotopic (exact) mass is 482 g/mol.